The Morgan fingerprint density at radius 2 is 1.58 bits per heavy atom. The van der Waals surface area contributed by atoms with Crippen molar-refractivity contribution in [1.82, 2.24) is 0 Å². The molecule has 2 N–H and O–H groups in total. The van der Waals surface area contributed by atoms with Crippen molar-refractivity contribution >= 4 is 0 Å². The fourth-order valence-corrected chi connectivity index (χ4v) is 0.394. The molecule has 0 amide bonds. The second kappa shape index (κ2) is 16.7. The van der Waals surface area contributed by atoms with Crippen LogP contribution in [0, 0.1) is 0 Å². The van der Waals surface area contributed by atoms with Gasteiger partial charge in [-0.15, -0.1) is 0 Å². The molecular formula is C11H25N. The van der Waals surface area contributed by atoms with E-state index >= 15 is 0 Å². The molecular weight excluding hydrogens is 146 g/mol. The summed E-state index contributed by atoms with van der Waals surface area (Å²) in [7, 11) is 0. The summed E-state index contributed by atoms with van der Waals surface area (Å²) >= 11 is 0. The van der Waals surface area contributed by atoms with Gasteiger partial charge < -0.3 is 5.73 Å². The third-order valence-electron chi connectivity index (χ3n) is 0.917. The van der Waals surface area contributed by atoms with Gasteiger partial charge in [-0.25, -0.2) is 0 Å². The third-order valence-corrected chi connectivity index (χ3v) is 0.917. The largest absolute Gasteiger partial charge is 0.399 e. The van der Waals surface area contributed by atoms with Gasteiger partial charge in [0.2, 0.25) is 0 Å². The van der Waals surface area contributed by atoms with E-state index in [2.05, 4.69) is 13.5 Å². The maximum absolute atomic E-state index is 5.49. The second-order valence-corrected chi connectivity index (χ2v) is 1.85. The van der Waals surface area contributed by atoms with Crippen LogP contribution in [0.2, 0.25) is 0 Å². The van der Waals surface area contributed by atoms with Crippen LogP contribution in [0.4, 0.5) is 0 Å². The van der Waals surface area contributed by atoms with E-state index in [1.165, 1.54) is 0 Å². The van der Waals surface area contributed by atoms with Gasteiger partial charge in [-0.1, -0.05) is 47.3 Å². The lowest BCUT2D eigenvalue weighted by Gasteiger charge is -1.94. The molecule has 1 nitrogen and oxygen atoms in total. The van der Waals surface area contributed by atoms with Gasteiger partial charge in [-0.2, -0.15) is 0 Å². The summed E-state index contributed by atoms with van der Waals surface area (Å²) in [4.78, 5) is 0. The summed E-state index contributed by atoms with van der Waals surface area (Å²) in [6.07, 6.45) is 2.95. The van der Waals surface area contributed by atoms with Crippen LogP contribution in [-0.4, -0.2) is 0 Å². The van der Waals surface area contributed by atoms with Crippen molar-refractivity contribution in [2.75, 3.05) is 0 Å². The highest BCUT2D eigenvalue weighted by Gasteiger charge is 1.84. The van der Waals surface area contributed by atoms with Crippen LogP contribution in [0.5, 0.6) is 0 Å². The molecule has 0 heterocycles. The zero-order valence-corrected chi connectivity index (χ0v) is 9.57. The van der Waals surface area contributed by atoms with Crippen molar-refractivity contribution in [2.24, 2.45) is 5.73 Å². The van der Waals surface area contributed by atoms with Crippen LogP contribution in [0.1, 0.15) is 48.0 Å². The van der Waals surface area contributed by atoms with Gasteiger partial charge in [-0.3, -0.25) is 0 Å². The molecule has 0 atom stereocenters. The minimum atomic E-state index is 0.813. The quantitative estimate of drug-likeness (QED) is 0.627. The Balaban J connectivity index is -0.000000175. The van der Waals surface area contributed by atoms with Crippen molar-refractivity contribution in [1.29, 1.82) is 0 Å². The smallest absolute Gasteiger partial charge is 0.0297 e. The molecule has 0 fully saturated rings. The molecule has 1 heteroatoms. The minimum Gasteiger partial charge on any atom is -0.399 e. The van der Waals surface area contributed by atoms with Crippen molar-refractivity contribution in [3.8, 4) is 0 Å². The number of hydrogen-bond acceptors (Lipinski definition) is 1. The van der Waals surface area contributed by atoms with E-state index in [1.807, 2.05) is 40.7 Å². The first kappa shape index (κ1) is 17.4. The first-order valence-electron chi connectivity index (χ1n) is 4.80. The summed E-state index contributed by atoms with van der Waals surface area (Å²) in [6.45, 7) is 15.6. The van der Waals surface area contributed by atoms with Gasteiger partial charge in [0.1, 0.15) is 0 Å². The Labute approximate surface area is 78.4 Å². The van der Waals surface area contributed by atoms with Crippen molar-refractivity contribution in [3.05, 3.63) is 23.9 Å². The Hall–Kier alpha value is -0.720. The zero-order chi connectivity index (χ0) is 10.6. The van der Waals surface area contributed by atoms with Crippen LogP contribution < -0.4 is 5.73 Å². The van der Waals surface area contributed by atoms with Gasteiger partial charge in [-0.05, 0) is 18.9 Å². The molecule has 74 valence electrons. The first-order valence-corrected chi connectivity index (χ1v) is 4.80. The molecule has 0 radical (unpaired) electrons. The molecule has 0 aliphatic carbocycles. The first-order chi connectivity index (χ1) is 5.68. The van der Waals surface area contributed by atoms with Crippen LogP contribution in [-0.2, 0) is 0 Å². The van der Waals surface area contributed by atoms with E-state index in [0.29, 0.717) is 0 Å². The standard InChI is InChI=1S/C7H13N.2C2H6/c1-4-5-7(8)6(2)3;2*1-2/h5H,2,4,8H2,1,3H3;2*1-2H3/b7-5+;;. The lowest BCUT2D eigenvalue weighted by molar-refractivity contribution is 1.16. The Kier molecular flexibility index (Phi) is 24.2. The number of hydrogen-bond donors (Lipinski definition) is 1. The highest BCUT2D eigenvalue weighted by atomic mass is 14.6. The molecule has 0 unspecified atom stereocenters. The average Bonchev–Trinajstić information content (AvgIpc) is 2.12. The van der Waals surface area contributed by atoms with E-state index in [1.54, 1.807) is 0 Å². The number of allylic oxidation sites excluding steroid dienone is 2. The number of nitrogens with two attached hydrogens (primary N) is 1. The summed E-state index contributed by atoms with van der Waals surface area (Å²) in [5.74, 6) is 0. The van der Waals surface area contributed by atoms with E-state index < -0.39 is 0 Å². The Morgan fingerprint density at radius 3 is 1.67 bits per heavy atom. The fraction of sp³-hybridized carbons (Fsp3) is 0.636. The molecule has 0 aliphatic rings. The predicted molar refractivity (Wildman–Crippen MR) is 60.1 cm³/mol. The van der Waals surface area contributed by atoms with Crippen LogP contribution in [0.3, 0.4) is 0 Å². The Morgan fingerprint density at radius 1 is 1.25 bits per heavy atom. The molecule has 0 aromatic heterocycles. The molecule has 0 bridgehead atoms. The Bertz CT molecular complexity index is 112. The molecule has 0 spiro atoms. The maximum Gasteiger partial charge on any atom is 0.0297 e. The topological polar surface area (TPSA) is 26.0 Å². The SMILES string of the molecule is C=C(C)/C(N)=C\CC.CC.CC. The van der Waals surface area contributed by atoms with Crippen LogP contribution in [0.15, 0.2) is 23.9 Å². The maximum atomic E-state index is 5.49. The summed E-state index contributed by atoms with van der Waals surface area (Å²) in [5.41, 5.74) is 7.25. The second-order valence-electron chi connectivity index (χ2n) is 1.85. The third kappa shape index (κ3) is 16.1. The van der Waals surface area contributed by atoms with Crippen molar-refractivity contribution in [3.63, 3.8) is 0 Å². The van der Waals surface area contributed by atoms with E-state index in [0.717, 1.165) is 17.7 Å². The van der Waals surface area contributed by atoms with Gasteiger partial charge in [0.15, 0.2) is 0 Å². The predicted octanol–water partition coefficient (Wildman–Crippen LogP) is 3.87. The van der Waals surface area contributed by atoms with Crippen molar-refractivity contribution < 1.29 is 0 Å². The molecule has 0 aliphatic heterocycles. The van der Waals surface area contributed by atoms with E-state index in [4.69, 9.17) is 5.73 Å². The van der Waals surface area contributed by atoms with Gasteiger partial charge in [0, 0.05) is 5.70 Å². The molecule has 0 saturated heterocycles. The molecule has 0 saturated carbocycles. The number of rotatable bonds is 2. The van der Waals surface area contributed by atoms with Gasteiger partial charge in [0.25, 0.3) is 0 Å². The normalized spacial score (nSPS) is 8.67. The average molecular weight is 171 g/mol. The zero-order valence-electron chi connectivity index (χ0n) is 9.57. The highest BCUT2D eigenvalue weighted by molar-refractivity contribution is 5.21. The van der Waals surface area contributed by atoms with Crippen LogP contribution >= 0.6 is 0 Å². The molecule has 0 rings (SSSR count). The van der Waals surface area contributed by atoms with E-state index in [-0.39, 0.29) is 0 Å². The van der Waals surface area contributed by atoms with Crippen LogP contribution in [0.25, 0.3) is 0 Å². The summed E-state index contributed by atoms with van der Waals surface area (Å²) < 4.78 is 0. The van der Waals surface area contributed by atoms with Gasteiger partial charge >= 0.3 is 0 Å². The highest BCUT2D eigenvalue weighted by Crippen LogP contribution is 1.98. The monoisotopic (exact) mass is 171 g/mol. The fourth-order valence-electron chi connectivity index (χ4n) is 0.394. The summed E-state index contributed by atoms with van der Waals surface area (Å²) in [5, 5.41) is 0. The van der Waals surface area contributed by atoms with Crippen molar-refractivity contribution in [2.45, 2.75) is 48.0 Å². The molecule has 0 aromatic carbocycles. The van der Waals surface area contributed by atoms with E-state index in [9.17, 15) is 0 Å². The lowest BCUT2D eigenvalue weighted by Crippen LogP contribution is -1.96. The summed E-state index contributed by atoms with van der Waals surface area (Å²) in [6, 6.07) is 0. The minimum absolute atomic E-state index is 0.813. The lowest BCUT2D eigenvalue weighted by atomic mass is 10.2. The molecule has 12 heavy (non-hydrogen) atoms. The van der Waals surface area contributed by atoms with Gasteiger partial charge in [0.05, 0.1) is 0 Å². The molecule has 0 aromatic rings.